The highest BCUT2D eigenvalue weighted by Gasteiger charge is 2.18. The average molecular weight is 979 g/mol. The van der Waals surface area contributed by atoms with Crippen LogP contribution in [0.15, 0.2) is 110 Å². The molecule has 0 fully saturated rings. The van der Waals surface area contributed by atoms with E-state index in [2.05, 4.69) is 55.9 Å². The molecular formula is C48H58N12O11. The summed E-state index contributed by atoms with van der Waals surface area (Å²) < 4.78 is 25.2. The Balaban J connectivity index is 0.000000267. The lowest BCUT2D eigenvalue weighted by Gasteiger charge is -2.13. The summed E-state index contributed by atoms with van der Waals surface area (Å²) in [5.41, 5.74) is 15.1. The van der Waals surface area contributed by atoms with E-state index in [-0.39, 0.29) is 18.4 Å². The number of nitrogens with two attached hydrogens (primary N) is 2. The van der Waals surface area contributed by atoms with Crippen LogP contribution in [-0.2, 0) is 23.9 Å². The van der Waals surface area contributed by atoms with Crippen molar-refractivity contribution in [2.45, 2.75) is 52.7 Å². The minimum atomic E-state index is -1.13. The molecule has 0 saturated heterocycles. The fourth-order valence-electron chi connectivity index (χ4n) is 5.59. The largest absolute Gasteiger partial charge is 0.496 e. The summed E-state index contributed by atoms with van der Waals surface area (Å²) in [5, 5.41) is 18.6. The number of nitrogen functional groups attached to an aromatic ring is 1. The molecule has 6 aromatic rings. The van der Waals surface area contributed by atoms with Crippen LogP contribution < -0.4 is 46.9 Å². The van der Waals surface area contributed by atoms with Crippen molar-refractivity contribution in [2.75, 3.05) is 50.9 Å². The monoisotopic (exact) mass is 978 g/mol. The van der Waals surface area contributed by atoms with Crippen LogP contribution in [0.1, 0.15) is 34.6 Å². The lowest BCUT2D eigenvalue weighted by atomic mass is 10.1. The first-order valence-electron chi connectivity index (χ1n) is 21.6. The molecule has 0 aliphatic carbocycles. The lowest BCUT2D eigenvalue weighted by Crippen LogP contribution is -2.42. The number of benzene rings is 3. The number of para-hydroxylation sites is 3. The molecule has 3 heterocycles. The Bertz CT molecular complexity index is 2670. The Labute approximate surface area is 410 Å². The van der Waals surface area contributed by atoms with Gasteiger partial charge in [-0.2, -0.15) is 0 Å². The smallest absolute Gasteiger partial charge is 0.328 e. The lowest BCUT2D eigenvalue weighted by molar-refractivity contribution is -0.145. The molecule has 0 spiro atoms. The van der Waals surface area contributed by atoms with Gasteiger partial charge in [0.05, 0.1) is 51.6 Å². The Morgan fingerprint density at radius 3 is 1.27 bits per heavy atom. The van der Waals surface area contributed by atoms with E-state index < -0.39 is 42.1 Å². The second-order valence-corrected chi connectivity index (χ2v) is 14.3. The molecule has 4 amide bonds. The van der Waals surface area contributed by atoms with Gasteiger partial charge in [-0.15, -0.1) is 0 Å². The number of aliphatic carboxylic acids is 1. The van der Waals surface area contributed by atoms with E-state index in [0.29, 0.717) is 41.1 Å². The highest BCUT2D eigenvalue weighted by Crippen LogP contribution is 2.30. The first-order chi connectivity index (χ1) is 34.0. The van der Waals surface area contributed by atoms with Crippen molar-refractivity contribution in [3.05, 3.63) is 110 Å². The summed E-state index contributed by atoms with van der Waals surface area (Å²) in [6, 6.07) is 23.8. The third-order valence-corrected chi connectivity index (χ3v) is 9.02. The van der Waals surface area contributed by atoms with Gasteiger partial charge in [-0.25, -0.2) is 44.3 Å². The van der Waals surface area contributed by atoms with Gasteiger partial charge in [0.15, 0.2) is 0 Å². The van der Waals surface area contributed by atoms with Crippen LogP contribution in [0.5, 0.6) is 17.2 Å². The molecule has 3 atom stereocenters. The van der Waals surface area contributed by atoms with Gasteiger partial charge in [-0.05, 0) is 71.0 Å². The topological polar surface area (TPSA) is 329 Å². The Kier molecular flexibility index (Phi) is 23.6. The summed E-state index contributed by atoms with van der Waals surface area (Å²) in [4.78, 5) is 80.7. The highest BCUT2D eigenvalue weighted by atomic mass is 16.5. The number of hydrogen-bond acceptors (Lipinski definition) is 18. The van der Waals surface area contributed by atoms with Crippen LogP contribution >= 0.6 is 0 Å². The number of carbonyl (C=O) groups is 5. The van der Waals surface area contributed by atoms with Crippen molar-refractivity contribution in [1.82, 2.24) is 40.5 Å². The van der Waals surface area contributed by atoms with Gasteiger partial charge in [0.25, 0.3) is 0 Å². The number of carbonyl (C=O) groups excluding carboxylic acids is 4. The number of anilines is 3. The number of methoxy groups -OCH3 is 3. The molecule has 0 radical (unpaired) electrons. The maximum atomic E-state index is 12.0. The van der Waals surface area contributed by atoms with E-state index in [0.717, 1.165) is 28.1 Å². The molecule has 3 aromatic carbocycles. The number of urea groups is 2. The molecule has 376 valence electrons. The minimum Gasteiger partial charge on any atom is -0.496 e. The van der Waals surface area contributed by atoms with Gasteiger partial charge in [-0.1, -0.05) is 36.4 Å². The van der Waals surface area contributed by atoms with E-state index in [1.165, 1.54) is 32.8 Å². The molecule has 3 unspecified atom stereocenters. The predicted molar refractivity (Wildman–Crippen MR) is 264 cm³/mol. The van der Waals surface area contributed by atoms with Gasteiger partial charge in [0.1, 0.15) is 71.8 Å². The molecule has 9 N–H and O–H groups in total. The second-order valence-electron chi connectivity index (χ2n) is 14.3. The SMILES string of the molecule is CCOC(=O)C(C)N.CCOC(=O)C(C)NC(=O)Nc1cc(-c2ccccc2OC)ncn1.COc1ccccc1-c1cc(N)ncn1.COc1ccccc1-c1cc(NC(=O)NC(C)C(=O)O)ncn1. The summed E-state index contributed by atoms with van der Waals surface area (Å²) >= 11 is 0. The number of aromatic nitrogens is 6. The van der Waals surface area contributed by atoms with Crippen molar-refractivity contribution in [3.8, 4) is 51.0 Å². The highest BCUT2D eigenvalue weighted by molar-refractivity contribution is 5.93. The van der Waals surface area contributed by atoms with Crippen molar-refractivity contribution < 1.29 is 52.8 Å². The second kappa shape index (κ2) is 29.7. The fourth-order valence-corrected chi connectivity index (χ4v) is 5.59. The number of nitrogens with one attached hydrogen (secondary N) is 4. The van der Waals surface area contributed by atoms with Crippen LogP contribution in [0, 0.1) is 0 Å². The third-order valence-electron chi connectivity index (χ3n) is 9.02. The number of carboxylic acids is 1. The van der Waals surface area contributed by atoms with Crippen LogP contribution in [0.25, 0.3) is 33.8 Å². The Morgan fingerprint density at radius 1 is 0.549 bits per heavy atom. The molecule has 0 bridgehead atoms. The molecule has 6 rings (SSSR count). The van der Waals surface area contributed by atoms with Crippen LogP contribution in [0.4, 0.5) is 27.0 Å². The quantitative estimate of drug-likeness (QED) is 0.0615. The van der Waals surface area contributed by atoms with E-state index in [4.69, 9.17) is 35.5 Å². The number of esters is 2. The van der Waals surface area contributed by atoms with E-state index in [1.54, 1.807) is 66.4 Å². The number of rotatable bonds is 15. The Hall–Kier alpha value is -8.99. The summed E-state index contributed by atoms with van der Waals surface area (Å²) in [7, 11) is 4.76. The third kappa shape index (κ3) is 18.9. The molecule has 23 heteroatoms. The molecular weight excluding hydrogens is 921 g/mol. The summed E-state index contributed by atoms with van der Waals surface area (Å²) in [6.45, 7) is 8.60. The van der Waals surface area contributed by atoms with Crippen molar-refractivity contribution in [2.24, 2.45) is 5.73 Å². The van der Waals surface area contributed by atoms with Gasteiger partial charge in [0.2, 0.25) is 0 Å². The predicted octanol–water partition coefficient (Wildman–Crippen LogP) is 5.60. The number of nitrogens with zero attached hydrogens (tertiary/aromatic N) is 6. The zero-order chi connectivity index (χ0) is 52.3. The van der Waals surface area contributed by atoms with Gasteiger partial charge in [0, 0.05) is 34.9 Å². The zero-order valence-corrected chi connectivity index (χ0v) is 40.4. The average Bonchev–Trinajstić information content (AvgIpc) is 3.37. The normalized spacial score (nSPS) is 11.2. The Morgan fingerprint density at radius 2 is 0.915 bits per heavy atom. The van der Waals surface area contributed by atoms with Crippen molar-refractivity contribution >= 4 is 47.4 Å². The molecule has 0 aliphatic rings. The summed E-state index contributed by atoms with van der Waals surface area (Å²) in [6.07, 6.45) is 4.08. The van der Waals surface area contributed by atoms with Crippen LogP contribution in [0.3, 0.4) is 0 Å². The first kappa shape index (κ1) is 56.3. The van der Waals surface area contributed by atoms with Crippen molar-refractivity contribution in [1.29, 1.82) is 0 Å². The summed E-state index contributed by atoms with van der Waals surface area (Å²) in [5.74, 6) is 1.09. The maximum Gasteiger partial charge on any atom is 0.328 e. The molecule has 71 heavy (non-hydrogen) atoms. The molecule has 0 aliphatic heterocycles. The first-order valence-corrected chi connectivity index (χ1v) is 21.6. The number of amides is 4. The number of carboxylic acid groups (broad SMARTS) is 1. The van der Waals surface area contributed by atoms with E-state index >= 15 is 0 Å². The number of hydrogen-bond donors (Lipinski definition) is 7. The van der Waals surface area contributed by atoms with E-state index in [1.807, 2.05) is 66.7 Å². The van der Waals surface area contributed by atoms with Gasteiger partial charge >= 0.3 is 30.0 Å². The van der Waals surface area contributed by atoms with Crippen LogP contribution in [-0.4, -0.2) is 118 Å². The molecule has 23 nitrogen and oxygen atoms in total. The van der Waals surface area contributed by atoms with E-state index in [9.17, 15) is 24.0 Å². The zero-order valence-electron chi connectivity index (χ0n) is 40.4. The van der Waals surface area contributed by atoms with Crippen LogP contribution in [0.2, 0.25) is 0 Å². The standard InChI is InChI=1S/C17H20N4O4.C15H16N4O4.C11H11N3O.C5H11NO2/c1-4-25-16(22)11(2)20-17(23)21-15-9-13(18-10-19-15)12-7-5-6-8-14(12)24-3;1-9(14(20)21)18-15(22)19-13-7-11(16-8-17-13)10-5-3-4-6-12(10)23-2;1-15-10-5-3-2-4-8(10)9-6-11(12)14-7-13-9;1-3-8-5(7)4(2)6/h5-11H,4H2,1-3H3,(H2,18,19,20,21,23);3-9H,1-2H3,(H,20,21)(H2,16,17,18,19,22);2-7H,1H3,(H2,12,13,14);4H,3,6H2,1-2H3. The van der Waals surface area contributed by atoms with Crippen molar-refractivity contribution in [3.63, 3.8) is 0 Å². The fraction of sp³-hybridized carbons (Fsp3) is 0.271. The molecule has 0 saturated carbocycles. The van der Waals surface area contributed by atoms with Gasteiger partial charge < -0.3 is 50.9 Å². The van der Waals surface area contributed by atoms with Gasteiger partial charge in [-0.3, -0.25) is 20.2 Å². The minimum absolute atomic E-state index is 0.246. The molecule has 3 aromatic heterocycles. The maximum absolute atomic E-state index is 12.0. The number of ether oxygens (including phenoxy) is 5.